The van der Waals surface area contributed by atoms with Crippen LogP contribution in [0.4, 0.5) is 5.69 Å². The van der Waals surface area contributed by atoms with Gasteiger partial charge in [0.1, 0.15) is 0 Å². The molecule has 184 valence electrons. The van der Waals surface area contributed by atoms with Gasteiger partial charge < -0.3 is 10.6 Å². The molecule has 0 spiro atoms. The second kappa shape index (κ2) is 10.7. The summed E-state index contributed by atoms with van der Waals surface area (Å²) in [5, 5.41) is 6.86. The first kappa shape index (κ1) is 26.6. The molecule has 3 aromatic carbocycles. The van der Waals surface area contributed by atoms with Crippen molar-refractivity contribution in [3.63, 3.8) is 0 Å². The van der Waals surface area contributed by atoms with Gasteiger partial charge in [-0.3, -0.25) is 4.79 Å². The van der Waals surface area contributed by atoms with Gasteiger partial charge in [-0.15, -0.1) is 0 Å². The molecular formula is C28H32N2O3S2. The topological polar surface area (TPSA) is 75.3 Å². The molecule has 0 saturated heterocycles. The molecule has 0 bridgehead atoms. The van der Waals surface area contributed by atoms with E-state index in [1.54, 1.807) is 36.4 Å². The summed E-state index contributed by atoms with van der Waals surface area (Å²) in [6.45, 7) is 8.45. The Morgan fingerprint density at radius 1 is 0.943 bits per heavy atom. The molecule has 0 heterocycles. The van der Waals surface area contributed by atoms with Gasteiger partial charge in [0.2, 0.25) is 0 Å². The van der Waals surface area contributed by atoms with E-state index in [9.17, 15) is 13.2 Å². The largest absolute Gasteiger partial charge is 0.356 e. The molecule has 0 aromatic heterocycles. The lowest BCUT2D eigenvalue weighted by atomic mass is 9.86. The van der Waals surface area contributed by atoms with E-state index in [1.807, 2.05) is 43.3 Å². The van der Waals surface area contributed by atoms with Crippen LogP contribution in [0.5, 0.6) is 0 Å². The van der Waals surface area contributed by atoms with Crippen LogP contribution in [0.1, 0.15) is 67.2 Å². The Labute approximate surface area is 213 Å². The third-order valence-electron chi connectivity index (χ3n) is 5.82. The molecular weight excluding hydrogens is 476 g/mol. The van der Waals surface area contributed by atoms with Gasteiger partial charge in [0.15, 0.2) is 20.7 Å². The highest BCUT2D eigenvalue weighted by atomic mass is 32.2. The highest BCUT2D eigenvalue weighted by Gasteiger charge is 2.16. The van der Waals surface area contributed by atoms with Crippen molar-refractivity contribution in [1.29, 1.82) is 0 Å². The number of rotatable bonds is 7. The van der Waals surface area contributed by atoms with E-state index in [0.29, 0.717) is 21.9 Å². The predicted molar refractivity (Wildman–Crippen MR) is 147 cm³/mol. The molecule has 7 heteroatoms. The van der Waals surface area contributed by atoms with Crippen LogP contribution in [-0.4, -0.2) is 25.6 Å². The van der Waals surface area contributed by atoms with E-state index >= 15 is 0 Å². The molecule has 0 aliphatic heterocycles. The first-order valence-electron chi connectivity index (χ1n) is 11.5. The van der Waals surface area contributed by atoms with Crippen LogP contribution in [0.25, 0.3) is 0 Å². The summed E-state index contributed by atoms with van der Waals surface area (Å²) in [6, 6.07) is 21.7. The van der Waals surface area contributed by atoms with Gasteiger partial charge in [0.05, 0.1) is 10.9 Å². The number of benzene rings is 3. The zero-order valence-corrected chi connectivity index (χ0v) is 22.4. The third-order valence-corrected chi connectivity index (χ3v) is 7.17. The van der Waals surface area contributed by atoms with Gasteiger partial charge in [-0.2, -0.15) is 0 Å². The van der Waals surface area contributed by atoms with Crippen LogP contribution in [0.15, 0.2) is 77.7 Å². The summed E-state index contributed by atoms with van der Waals surface area (Å²) in [5.41, 5.74) is 4.07. The first-order chi connectivity index (χ1) is 16.4. The van der Waals surface area contributed by atoms with E-state index < -0.39 is 9.84 Å². The molecule has 5 nitrogen and oxygen atoms in total. The van der Waals surface area contributed by atoms with Gasteiger partial charge in [-0.1, -0.05) is 76.2 Å². The second-order valence-corrected chi connectivity index (χ2v) is 12.1. The van der Waals surface area contributed by atoms with E-state index in [4.69, 9.17) is 12.2 Å². The van der Waals surface area contributed by atoms with Crippen LogP contribution in [-0.2, 0) is 15.3 Å². The number of anilines is 1. The van der Waals surface area contributed by atoms with Gasteiger partial charge in [-0.25, -0.2) is 8.42 Å². The summed E-state index contributed by atoms with van der Waals surface area (Å²) in [6.07, 6.45) is 1.94. The molecule has 0 radical (unpaired) electrons. The normalized spacial score (nSPS) is 12.6. The lowest BCUT2D eigenvalue weighted by Crippen LogP contribution is -2.32. The Bertz CT molecular complexity index is 1310. The molecule has 0 amide bonds. The number of ketones is 1. The summed E-state index contributed by atoms with van der Waals surface area (Å²) in [5.74, 6) is -0.0506. The van der Waals surface area contributed by atoms with Crippen molar-refractivity contribution in [2.45, 2.75) is 50.5 Å². The monoisotopic (exact) mass is 508 g/mol. The Balaban J connectivity index is 1.69. The highest BCUT2D eigenvalue weighted by Crippen LogP contribution is 2.24. The Morgan fingerprint density at radius 3 is 2.11 bits per heavy atom. The van der Waals surface area contributed by atoms with Gasteiger partial charge >= 0.3 is 0 Å². The van der Waals surface area contributed by atoms with Crippen LogP contribution >= 0.6 is 12.2 Å². The summed E-state index contributed by atoms with van der Waals surface area (Å²) in [4.78, 5) is 13.3. The number of thiocarbonyl (C=S) groups is 1. The lowest BCUT2D eigenvalue weighted by Gasteiger charge is -2.20. The number of nitrogens with one attached hydrogen (secondary N) is 2. The maximum Gasteiger partial charge on any atom is 0.193 e. The predicted octanol–water partition coefficient (Wildman–Crippen LogP) is 6.06. The molecule has 1 atom stereocenters. The van der Waals surface area contributed by atoms with Crippen LogP contribution < -0.4 is 10.6 Å². The first-order valence-corrected chi connectivity index (χ1v) is 13.8. The van der Waals surface area contributed by atoms with Gasteiger partial charge in [-0.05, 0) is 59.4 Å². The van der Waals surface area contributed by atoms with E-state index in [-0.39, 0.29) is 22.1 Å². The minimum Gasteiger partial charge on any atom is -0.356 e. The zero-order chi connectivity index (χ0) is 25.8. The maximum atomic E-state index is 13.0. The van der Waals surface area contributed by atoms with Crippen molar-refractivity contribution >= 4 is 38.6 Å². The van der Waals surface area contributed by atoms with Crippen molar-refractivity contribution in [2.75, 3.05) is 11.6 Å². The van der Waals surface area contributed by atoms with E-state index in [1.165, 1.54) is 11.8 Å². The van der Waals surface area contributed by atoms with Crippen molar-refractivity contribution in [2.24, 2.45) is 0 Å². The van der Waals surface area contributed by atoms with Crippen molar-refractivity contribution in [3.8, 4) is 0 Å². The number of hydrogen-bond donors (Lipinski definition) is 2. The standard InChI is InChI=1S/C28H32N2O3S2/c1-6-25(19-12-16-24(17-13-19)35(5,32)33)30-27(34)29-23-9-7-8-21(18-23)26(31)20-10-14-22(15-11-20)28(2,3)4/h7-18,25H,6H2,1-5H3,(H2,29,30,34)/t25-/m1/s1. The molecule has 0 saturated carbocycles. The van der Waals surface area contributed by atoms with E-state index in [0.717, 1.165) is 12.0 Å². The third kappa shape index (κ3) is 6.99. The summed E-state index contributed by atoms with van der Waals surface area (Å²) >= 11 is 5.51. The lowest BCUT2D eigenvalue weighted by molar-refractivity contribution is 0.103. The van der Waals surface area contributed by atoms with Crippen molar-refractivity contribution < 1.29 is 13.2 Å². The van der Waals surface area contributed by atoms with Crippen LogP contribution in [0, 0.1) is 0 Å². The molecule has 0 aliphatic rings. The molecule has 0 unspecified atom stereocenters. The van der Waals surface area contributed by atoms with Gasteiger partial charge in [0, 0.05) is 23.1 Å². The number of hydrogen-bond acceptors (Lipinski definition) is 4. The maximum absolute atomic E-state index is 13.0. The van der Waals surface area contributed by atoms with Crippen LogP contribution in [0.2, 0.25) is 0 Å². The average Bonchev–Trinajstić information content (AvgIpc) is 2.81. The Morgan fingerprint density at radius 2 is 1.57 bits per heavy atom. The fourth-order valence-corrected chi connectivity index (χ4v) is 4.61. The Kier molecular flexibility index (Phi) is 8.13. The van der Waals surface area contributed by atoms with Crippen LogP contribution in [0.3, 0.4) is 0 Å². The zero-order valence-electron chi connectivity index (χ0n) is 20.8. The fourth-order valence-electron chi connectivity index (χ4n) is 3.72. The molecule has 35 heavy (non-hydrogen) atoms. The van der Waals surface area contributed by atoms with Crippen molar-refractivity contribution in [1.82, 2.24) is 5.32 Å². The highest BCUT2D eigenvalue weighted by molar-refractivity contribution is 7.90. The molecule has 3 rings (SSSR count). The molecule has 2 N–H and O–H groups in total. The number of carbonyl (C=O) groups excluding carboxylic acids is 1. The molecule has 0 aliphatic carbocycles. The van der Waals surface area contributed by atoms with Crippen molar-refractivity contribution in [3.05, 3.63) is 95.1 Å². The number of sulfone groups is 1. The Hall–Kier alpha value is -3.03. The fraction of sp³-hybridized carbons (Fsp3) is 0.286. The van der Waals surface area contributed by atoms with E-state index in [2.05, 4.69) is 31.4 Å². The summed E-state index contributed by atoms with van der Waals surface area (Å²) in [7, 11) is -3.24. The smallest absolute Gasteiger partial charge is 0.193 e. The molecule has 0 fully saturated rings. The number of carbonyl (C=O) groups is 1. The second-order valence-electron chi connectivity index (χ2n) is 9.64. The minimum absolute atomic E-state index is 0.0280. The minimum atomic E-state index is -3.24. The molecule has 3 aromatic rings. The SMILES string of the molecule is CC[C@@H](NC(=S)Nc1cccc(C(=O)c2ccc(C(C)(C)C)cc2)c1)c1ccc(S(C)(=O)=O)cc1. The quantitative estimate of drug-likeness (QED) is 0.299. The summed E-state index contributed by atoms with van der Waals surface area (Å²) < 4.78 is 23.4. The van der Waals surface area contributed by atoms with Gasteiger partial charge in [0.25, 0.3) is 0 Å². The average molecular weight is 509 g/mol.